The number of carbonyl (C=O) groups is 2. The predicted octanol–water partition coefficient (Wildman–Crippen LogP) is -1.44. The van der Waals surface area contributed by atoms with E-state index >= 15 is 0 Å². The van der Waals surface area contributed by atoms with Crippen molar-refractivity contribution in [3.05, 3.63) is 0 Å². The molecule has 0 aliphatic heterocycles. The molecule has 6 nitrogen and oxygen atoms in total. The summed E-state index contributed by atoms with van der Waals surface area (Å²) in [6, 6.07) is 0. The van der Waals surface area contributed by atoms with Gasteiger partial charge in [0.2, 0.25) is 11.8 Å². The third-order valence-corrected chi connectivity index (χ3v) is 1.66. The lowest BCUT2D eigenvalue weighted by atomic mass is 10.4. The van der Waals surface area contributed by atoms with E-state index in [1.807, 2.05) is 0 Å². The van der Waals surface area contributed by atoms with Gasteiger partial charge in [0.1, 0.15) is 6.61 Å². The summed E-state index contributed by atoms with van der Waals surface area (Å²) in [7, 11) is 3.35. The van der Waals surface area contributed by atoms with Crippen molar-refractivity contribution < 1.29 is 14.3 Å². The molecule has 0 heterocycles. The summed E-state index contributed by atoms with van der Waals surface area (Å²) in [4.78, 5) is 23.7. The van der Waals surface area contributed by atoms with E-state index in [0.29, 0.717) is 26.1 Å². The van der Waals surface area contributed by atoms with Gasteiger partial charge in [-0.1, -0.05) is 0 Å². The second-order valence-corrected chi connectivity index (χ2v) is 3.23. The second kappa shape index (κ2) is 8.19. The van der Waals surface area contributed by atoms with Gasteiger partial charge in [-0.2, -0.15) is 0 Å². The molecule has 0 aromatic rings. The topological polar surface area (TPSA) is 84.7 Å². The highest BCUT2D eigenvalue weighted by Crippen LogP contribution is 1.85. The van der Waals surface area contributed by atoms with Crippen LogP contribution in [-0.2, 0) is 14.3 Å². The van der Waals surface area contributed by atoms with E-state index < -0.39 is 0 Å². The van der Waals surface area contributed by atoms with Crippen LogP contribution in [0.5, 0.6) is 0 Å². The smallest absolute Gasteiger partial charge is 0.246 e. The Morgan fingerprint density at radius 1 is 1.40 bits per heavy atom. The number of ether oxygens (including phenoxy) is 1. The van der Waals surface area contributed by atoms with Gasteiger partial charge in [0.15, 0.2) is 0 Å². The van der Waals surface area contributed by atoms with Gasteiger partial charge in [-0.15, -0.1) is 0 Å². The van der Waals surface area contributed by atoms with E-state index in [-0.39, 0.29) is 18.4 Å². The summed E-state index contributed by atoms with van der Waals surface area (Å²) in [6.45, 7) is 1.09. The number of hydrogen-bond donors (Lipinski definition) is 2. The molecule has 0 atom stereocenters. The summed E-state index contributed by atoms with van der Waals surface area (Å²) in [5.41, 5.74) is 5.18. The zero-order chi connectivity index (χ0) is 11.7. The molecule has 0 bridgehead atoms. The molecule has 0 spiro atoms. The maximum Gasteiger partial charge on any atom is 0.246 e. The molecule has 0 saturated carbocycles. The molecule has 0 rings (SSSR count). The number of amides is 2. The summed E-state index contributed by atoms with van der Waals surface area (Å²) in [6.07, 6.45) is 0.301. The summed E-state index contributed by atoms with van der Waals surface area (Å²) in [5.74, 6) is -0.242. The Morgan fingerprint density at radius 2 is 2.07 bits per heavy atom. The molecule has 0 fully saturated rings. The molecule has 15 heavy (non-hydrogen) atoms. The molecule has 6 heteroatoms. The van der Waals surface area contributed by atoms with Crippen molar-refractivity contribution >= 4 is 11.8 Å². The fraction of sp³-hybridized carbons (Fsp3) is 0.778. The third kappa shape index (κ3) is 7.90. The van der Waals surface area contributed by atoms with Crippen LogP contribution in [0.4, 0.5) is 0 Å². The Labute approximate surface area is 89.7 Å². The van der Waals surface area contributed by atoms with Crippen molar-refractivity contribution in [1.82, 2.24) is 10.2 Å². The van der Waals surface area contributed by atoms with E-state index in [4.69, 9.17) is 10.5 Å². The second-order valence-electron chi connectivity index (χ2n) is 3.23. The van der Waals surface area contributed by atoms with Crippen LogP contribution in [0.2, 0.25) is 0 Å². The van der Waals surface area contributed by atoms with Crippen LogP contribution in [0.1, 0.15) is 6.42 Å². The van der Waals surface area contributed by atoms with Crippen molar-refractivity contribution in [2.75, 3.05) is 40.4 Å². The maximum absolute atomic E-state index is 11.1. The minimum atomic E-state index is -0.227. The lowest BCUT2D eigenvalue weighted by Crippen LogP contribution is -2.32. The molecule has 0 radical (unpaired) electrons. The Kier molecular flexibility index (Phi) is 7.57. The largest absolute Gasteiger partial charge is 0.370 e. The van der Waals surface area contributed by atoms with Gasteiger partial charge in [-0.05, 0) is 0 Å². The lowest BCUT2D eigenvalue weighted by Gasteiger charge is -2.10. The minimum absolute atomic E-state index is 0.00659. The Morgan fingerprint density at radius 3 is 2.60 bits per heavy atom. The lowest BCUT2D eigenvalue weighted by molar-refractivity contribution is -0.129. The molecular weight excluding hydrogens is 198 g/mol. The van der Waals surface area contributed by atoms with Crippen LogP contribution >= 0.6 is 0 Å². The number of nitrogens with zero attached hydrogens (tertiary/aromatic N) is 1. The van der Waals surface area contributed by atoms with Crippen molar-refractivity contribution in [2.24, 2.45) is 5.73 Å². The van der Waals surface area contributed by atoms with E-state index in [9.17, 15) is 9.59 Å². The van der Waals surface area contributed by atoms with E-state index in [1.165, 1.54) is 4.90 Å². The quantitative estimate of drug-likeness (QED) is 0.511. The highest BCUT2D eigenvalue weighted by Gasteiger charge is 2.05. The Balaban J connectivity index is 3.42. The van der Waals surface area contributed by atoms with Crippen LogP contribution in [0.3, 0.4) is 0 Å². The Hall–Kier alpha value is -1.14. The first-order valence-corrected chi connectivity index (χ1v) is 4.82. The fourth-order valence-corrected chi connectivity index (χ4v) is 0.832. The third-order valence-electron chi connectivity index (χ3n) is 1.66. The zero-order valence-electron chi connectivity index (χ0n) is 9.28. The number of nitrogens with one attached hydrogen (secondary N) is 1. The van der Waals surface area contributed by atoms with Gasteiger partial charge >= 0.3 is 0 Å². The monoisotopic (exact) mass is 217 g/mol. The Bertz CT molecular complexity index is 207. The minimum Gasteiger partial charge on any atom is -0.370 e. The van der Waals surface area contributed by atoms with Gasteiger partial charge in [-0.3, -0.25) is 9.59 Å². The SMILES string of the molecule is CN(C)C(=O)CCNC(=O)COCCN. The first-order valence-electron chi connectivity index (χ1n) is 4.82. The molecule has 0 aromatic carbocycles. The average molecular weight is 217 g/mol. The van der Waals surface area contributed by atoms with E-state index in [0.717, 1.165) is 0 Å². The molecule has 0 aliphatic carbocycles. The summed E-state index contributed by atoms with van der Waals surface area (Å²) >= 11 is 0. The van der Waals surface area contributed by atoms with Crippen molar-refractivity contribution in [2.45, 2.75) is 6.42 Å². The van der Waals surface area contributed by atoms with E-state index in [2.05, 4.69) is 5.32 Å². The highest BCUT2D eigenvalue weighted by atomic mass is 16.5. The molecule has 2 amide bonds. The number of rotatable bonds is 7. The average Bonchev–Trinajstić information content (AvgIpc) is 2.18. The van der Waals surface area contributed by atoms with Crippen molar-refractivity contribution in [1.29, 1.82) is 0 Å². The highest BCUT2D eigenvalue weighted by molar-refractivity contribution is 5.79. The summed E-state index contributed by atoms with van der Waals surface area (Å²) < 4.78 is 4.92. The molecule has 0 unspecified atom stereocenters. The molecule has 0 aromatic heterocycles. The zero-order valence-corrected chi connectivity index (χ0v) is 9.28. The van der Waals surface area contributed by atoms with Crippen LogP contribution in [0, 0.1) is 0 Å². The van der Waals surface area contributed by atoms with Crippen molar-refractivity contribution in [3.8, 4) is 0 Å². The first-order chi connectivity index (χ1) is 7.07. The number of carbonyl (C=O) groups excluding carboxylic acids is 2. The number of nitrogens with two attached hydrogens (primary N) is 1. The molecule has 3 N–H and O–H groups in total. The van der Waals surface area contributed by atoms with Gasteiger partial charge < -0.3 is 20.7 Å². The van der Waals surface area contributed by atoms with Gasteiger partial charge in [0.25, 0.3) is 0 Å². The van der Waals surface area contributed by atoms with Crippen molar-refractivity contribution in [3.63, 3.8) is 0 Å². The summed E-state index contributed by atoms with van der Waals surface area (Å²) in [5, 5.41) is 2.58. The normalized spacial score (nSPS) is 9.80. The van der Waals surface area contributed by atoms with Gasteiger partial charge in [0.05, 0.1) is 6.61 Å². The fourth-order valence-electron chi connectivity index (χ4n) is 0.832. The van der Waals surface area contributed by atoms with E-state index in [1.54, 1.807) is 14.1 Å². The predicted molar refractivity (Wildman–Crippen MR) is 56.2 cm³/mol. The standard InChI is InChI=1S/C9H19N3O3/c1-12(2)9(14)3-5-11-8(13)7-15-6-4-10/h3-7,10H2,1-2H3,(H,11,13). The molecule has 0 saturated heterocycles. The maximum atomic E-state index is 11.1. The van der Waals surface area contributed by atoms with Crippen LogP contribution in [0.15, 0.2) is 0 Å². The molecular formula is C9H19N3O3. The first kappa shape index (κ1) is 13.9. The number of hydrogen-bond acceptors (Lipinski definition) is 4. The van der Waals surface area contributed by atoms with Gasteiger partial charge in [0, 0.05) is 33.6 Å². The van der Waals surface area contributed by atoms with Crippen LogP contribution in [0.25, 0.3) is 0 Å². The molecule has 0 aliphatic rings. The van der Waals surface area contributed by atoms with Gasteiger partial charge in [-0.25, -0.2) is 0 Å². The van der Waals surface area contributed by atoms with Crippen LogP contribution < -0.4 is 11.1 Å². The van der Waals surface area contributed by atoms with Crippen LogP contribution in [-0.4, -0.2) is 57.1 Å². The molecule has 88 valence electrons.